The molecule has 98 valence electrons. The van der Waals surface area contributed by atoms with E-state index in [-0.39, 0.29) is 17.9 Å². The van der Waals surface area contributed by atoms with Crippen LogP contribution in [0.3, 0.4) is 0 Å². The summed E-state index contributed by atoms with van der Waals surface area (Å²) in [6, 6.07) is 5.17. The topological polar surface area (TPSA) is 74.8 Å². The molecule has 2 aromatic heterocycles. The van der Waals surface area contributed by atoms with Crippen LogP contribution in [0.4, 0.5) is 0 Å². The van der Waals surface area contributed by atoms with E-state index in [4.69, 9.17) is 0 Å². The molecule has 0 fully saturated rings. The molecule has 0 aliphatic carbocycles. The number of amides is 1. The first-order valence-corrected chi connectivity index (χ1v) is 5.95. The number of nitrogens with zero attached hydrogens (tertiary/aromatic N) is 1. The minimum Gasteiger partial charge on any atom is -0.358 e. The average molecular weight is 257 g/mol. The number of hydrogen-bond donors (Lipinski definition) is 2. The number of hydrogen-bond acceptors (Lipinski definition) is 3. The summed E-state index contributed by atoms with van der Waals surface area (Å²) in [5.41, 5.74) is 2.84. The van der Waals surface area contributed by atoms with E-state index in [1.54, 1.807) is 12.4 Å². The van der Waals surface area contributed by atoms with Crippen LogP contribution in [0.1, 0.15) is 18.2 Å². The van der Waals surface area contributed by atoms with Crippen LogP contribution in [0.5, 0.6) is 0 Å². The van der Waals surface area contributed by atoms with Crippen molar-refractivity contribution in [3.8, 4) is 11.3 Å². The highest BCUT2D eigenvalue weighted by molar-refractivity contribution is 5.73. The van der Waals surface area contributed by atoms with E-state index in [0.29, 0.717) is 5.56 Å². The molecule has 0 aromatic carbocycles. The van der Waals surface area contributed by atoms with E-state index in [2.05, 4.69) is 15.3 Å². The predicted molar refractivity (Wildman–Crippen MR) is 72.6 cm³/mol. The quantitative estimate of drug-likeness (QED) is 0.872. The molecule has 0 aliphatic rings. The Kier molecular flexibility index (Phi) is 3.75. The molecule has 2 heterocycles. The molecule has 0 bridgehead atoms. The highest BCUT2D eigenvalue weighted by Gasteiger charge is 2.10. The minimum absolute atomic E-state index is 0.0863. The molecule has 0 saturated heterocycles. The summed E-state index contributed by atoms with van der Waals surface area (Å²) < 4.78 is 0. The highest BCUT2D eigenvalue weighted by atomic mass is 16.1. The second-order valence-corrected chi connectivity index (χ2v) is 4.32. The molecule has 5 heteroatoms. The Bertz CT molecular complexity index is 647. The number of aromatic nitrogens is 2. The summed E-state index contributed by atoms with van der Waals surface area (Å²) in [5.74, 6) is -0.166. The number of nitrogens with one attached hydrogen (secondary N) is 2. The first-order valence-electron chi connectivity index (χ1n) is 5.95. The fourth-order valence-electron chi connectivity index (χ4n) is 1.87. The maximum atomic E-state index is 12.1. The van der Waals surface area contributed by atoms with E-state index < -0.39 is 0 Å². The lowest BCUT2D eigenvalue weighted by molar-refractivity contribution is -0.119. The monoisotopic (exact) mass is 257 g/mol. The van der Waals surface area contributed by atoms with Crippen LogP contribution in [0, 0.1) is 6.92 Å². The number of pyridine rings is 2. The molecule has 0 spiro atoms. The molecule has 1 amide bonds. The first kappa shape index (κ1) is 13.0. The molecule has 2 rings (SSSR count). The smallest absolute Gasteiger partial charge is 0.217 e. The average Bonchev–Trinajstić information content (AvgIpc) is 2.37. The van der Waals surface area contributed by atoms with Crippen molar-refractivity contribution in [3.63, 3.8) is 0 Å². The Morgan fingerprint density at radius 3 is 2.68 bits per heavy atom. The molecule has 0 saturated carbocycles. The normalized spacial score (nSPS) is 10.2. The molecule has 19 heavy (non-hydrogen) atoms. The van der Waals surface area contributed by atoms with Gasteiger partial charge in [0.15, 0.2) is 5.43 Å². The summed E-state index contributed by atoms with van der Waals surface area (Å²) >= 11 is 0. The summed E-state index contributed by atoms with van der Waals surface area (Å²) in [6.45, 7) is 3.46. The minimum atomic E-state index is -0.166. The maximum absolute atomic E-state index is 12.1. The van der Waals surface area contributed by atoms with Crippen molar-refractivity contribution in [2.24, 2.45) is 0 Å². The standard InChI is InChI=1S/C14H15N3O2/c1-9-7-13(19)12(8-16-10(2)18)14(17-9)11-3-5-15-6-4-11/h3-7H,8H2,1-2H3,(H,16,18)(H,17,19). The Balaban J connectivity index is 2.52. The van der Waals surface area contributed by atoms with Crippen molar-refractivity contribution in [1.82, 2.24) is 15.3 Å². The lowest BCUT2D eigenvalue weighted by atomic mass is 10.1. The summed E-state index contributed by atoms with van der Waals surface area (Å²) in [5, 5.41) is 2.66. The molecule has 0 atom stereocenters. The van der Waals surface area contributed by atoms with E-state index in [1.165, 1.54) is 13.0 Å². The number of carbonyl (C=O) groups is 1. The van der Waals surface area contributed by atoms with Gasteiger partial charge in [0.25, 0.3) is 0 Å². The second kappa shape index (κ2) is 5.48. The maximum Gasteiger partial charge on any atom is 0.217 e. The van der Waals surface area contributed by atoms with Crippen molar-refractivity contribution in [1.29, 1.82) is 0 Å². The Morgan fingerprint density at radius 2 is 2.05 bits per heavy atom. The van der Waals surface area contributed by atoms with Gasteiger partial charge in [-0.05, 0) is 19.1 Å². The summed E-state index contributed by atoms with van der Waals surface area (Å²) in [6.07, 6.45) is 3.33. The summed E-state index contributed by atoms with van der Waals surface area (Å²) in [7, 11) is 0. The van der Waals surface area contributed by atoms with Gasteiger partial charge in [0, 0.05) is 48.7 Å². The van der Waals surface area contributed by atoms with Crippen molar-refractivity contribution in [2.75, 3.05) is 0 Å². The van der Waals surface area contributed by atoms with Crippen LogP contribution in [0.15, 0.2) is 35.4 Å². The molecule has 0 aliphatic heterocycles. The van der Waals surface area contributed by atoms with E-state index >= 15 is 0 Å². The van der Waals surface area contributed by atoms with Crippen molar-refractivity contribution < 1.29 is 4.79 Å². The van der Waals surface area contributed by atoms with Gasteiger partial charge in [-0.2, -0.15) is 0 Å². The molecular weight excluding hydrogens is 242 g/mol. The number of aryl methyl sites for hydroxylation is 1. The Morgan fingerprint density at radius 1 is 1.37 bits per heavy atom. The summed E-state index contributed by atoms with van der Waals surface area (Å²) in [4.78, 5) is 30.2. The van der Waals surface area contributed by atoms with Crippen molar-refractivity contribution >= 4 is 5.91 Å². The lowest BCUT2D eigenvalue weighted by Gasteiger charge is -2.10. The zero-order valence-electron chi connectivity index (χ0n) is 10.9. The number of rotatable bonds is 3. The van der Waals surface area contributed by atoms with Crippen molar-refractivity contribution in [2.45, 2.75) is 20.4 Å². The lowest BCUT2D eigenvalue weighted by Crippen LogP contribution is -2.24. The molecule has 2 N–H and O–H groups in total. The van der Waals surface area contributed by atoms with Gasteiger partial charge < -0.3 is 10.3 Å². The third kappa shape index (κ3) is 3.07. The van der Waals surface area contributed by atoms with Gasteiger partial charge in [-0.1, -0.05) is 0 Å². The first-order chi connectivity index (χ1) is 9.08. The SMILES string of the molecule is CC(=O)NCc1c(-c2ccncc2)[nH]c(C)cc1=O. The van der Waals surface area contributed by atoms with Gasteiger partial charge in [0.05, 0.1) is 5.69 Å². The molecule has 0 unspecified atom stereocenters. The Hall–Kier alpha value is -2.43. The van der Waals surface area contributed by atoms with Crippen LogP contribution in [-0.2, 0) is 11.3 Å². The van der Waals surface area contributed by atoms with E-state index in [1.807, 2.05) is 19.1 Å². The molecule has 2 aromatic rings. The van der Waals surface area contributed by atoms with Crippen LogP contribution < -0.4 is 10.7 Å². The van der Waals surface area contributed by atoms with Gasteiger partial charge in [0.2, 0.25) is 5.91 Å². The van der Waals surface area contributed by atoms with Gasteiger partial charge in [0.1, 0.15) is 0 Å². The highest BCUT2D eigenvalue weighted by Crippen LogP contribution is 2.18. The van der Waals surface area contributed by atoms with Gasteiger partial charge in [-0.15, -0.1) is 0 Å². The Labute approximate surface area is 110 Å². The van der Waals surface area contributed by atoms with E-state index in [9.17, 15) is 9.59 Å². The van der Waals surface area contributed by atoms with Gasteiger partial charge in [-0.3, -0.25) is 14.6 Å². The predicted octanol–water partition coefficient (Wildman–Crippen LogP) is 1.38. The number of carbonyl (C=O) groups excluding carboxylic acids is 1. The fourth-order valence-corrected chi connectivity index (χ4v) is 1.87. The van der Waals surface area contributed by atoms with Crippen molar-refractivity contribution in [3.05, 3.63) is 52.1 Å². The van der Waals surface area contributed by atoms with Gasteiger partial charge in [-0.25, -0.2) is 0 Å². The molecule has 5 nitrogen and oxygen atoms in total. The number of aromatic amines is 1. The van der Waals surface area contributed by atoms with E-state index in [0.717, 1.165) is 17.0 Å². The van der Waals surface area contributed by atoms with Gasteiger partial charge >= 0.3 is 0 Å². The largest absolute Gasteiger partial charge is 0.358 e. The third-order valence-corrected chi connectivity index (χ3v) is 2.75. The zero-order valence-corrected chi connectivity index (χ0v) is 10.9. The van der Waals surface area contributed by atoms with Crippen LogP contribution in [0.2, 0.25) is 0 Å². The third-order valence-electron chi connectivity index (χ3n) is 2.75. The second-order valence-electron chi connectivity index (χ2n) is 4.32. The van der Waals surface area contributed by atoms with Crippen LogP contribution in [0.25, 0.3) is 11.3 Å². The zero-order chi connectivity index (χ0) is 13.8. The van der Waals surface area contributed by atoms with Crippen LogP contribution >= 0.6 is 0 Å². The number of H-pyrrole nitrogens is 1. The fraction of sp³-hybridized carbons (Fsp3) is 0.214. The molecule has 0 radical (unpaired) electrons. The molecular formula is C14H15N3O2. The van der Waals surface area contributed by atoms with Crippen LogP contribution in [-0.4, -0.2) is 15.9 Å².